The van der Waals surface area contributed by atoms with Crippen molar-refractivity contribution < 1.29 is 14.3 Å². The molecule has 0 atom stereocenters. The normalized spacial score (nSPS) is 10.6. The van der Waals surface area contributed by atoms with E-state index in [-0.39, 0.29) is 6.10 Å². The standard InChI is InChI=1S/C21H25N5O3/c1-15(2)29-19-5-4-17(28-3)14-18(19)23-21(27)24-20-9-13-26(25-20)12-8-16-6-10-22-11-7-16/h4-7,9-11,13-15H,8,12H2,1-3H3,(H2,23,24,25,27). The third kappa shape index (κ3) is 5.97. The van der Waals surface area contributed by atoms with E-state index in [1.807, 2.05) is 32.2 Å². The summed E-state index contributed by atoms with van der Waals surface area (Å²) in [5.74, 6) is 1.65. The monoisotopic (exact) mass is 395 g/mol. The maximum Gasteiger partial charge on any atom is 0.325 e. The topological polar surface area (TPSA) is 90.3 Å². The van der Waals surface area contributed by atoms with Gasteiger partial charge in [-0.1, -0.05) is 0 Å². The molecule has 0 aliphatic carbocycles. The summed E-state index contributed by atoms with van der Waals surface area (Å²) in [4.78, 5) is 16.4. The number of pyridine rings is 1. The molecule has 2 amide bonds. The lowest BCUT2D eigenvalue weighted by Crippen LogP contribution is -2.21. The van der Waals surface area contributed by atoms with Crippen LogP contribution in [0.2, 0.25) is 0 Å². The number of carbonyl (C=O) groups excluding carboxylic acids is 1. The number of carbonyl (C=O) groups is 1. The molecular formula is C21H25N5O3. The molecule has 8 heteroatoms. The second kappa shape index (κ2) is 9.59. The van der Waals surface area contributed by atoms with Gasteiger partial charge in [-0.05, 0) is 50.1 Å². The number of nitrogens with zero attached hydrogens (tertiary/aromatic N) is 3. The summed E-state index contributed by atoms with van der Waals surface area (Å²) >= 11 is 0. The van der Waals surface area contributed by atoms with Crippen LogP contribution in [0, 0.1) is 0 Å². The van der Waals surface area contributed by atoms with Crippen LogP contribution in [-0.4, -0.2) is 34.0 Å². The van der Waals surface area contributed by atoms with Crippen LogP contribution >= 0.6 is 0 Å². The summed E-state index contributed by atoms with van der Waals surface area (Å²) in [6.07, 6.45) is 6.17. The Morgan fingerprint density at radius 3 is 2.66 bits per heavy atom. The van der Waals surface area contributed by atoms with Crippen molar-refractivity contribution in [3.63, 3.8) is 0 Å². The van der Waals surface area contributed by atoms with Gasteiger partial charge in [0, 0.05) is 37.3 Å². The number of hydrogen-bond donors (Lipinski definition) is 2. The fourth-order valence-electron chi connectivity index (χ4n) is 2.71. The molecule has 3 aromatic rings. The Balaban J connectivity index is 1.60. The highest BCUT2D eigenvalue weighted by Gasteiger charge is 2.12. The SMILES string of the molecule is COc1ccc(OC(C)C)c(NC(=O)Nc2ccn(CCc3ccncc3)n2)c1. The third-order valence-corrected chi connectivity index (χ3v) is 4.06. The minimum Gasteiger partial charge on any atom is -0.497 e. The summed E-state index contributed by atoms with van der Waals surface area (Å²) in [5, 5.41) is 9.92. The van der Waals surface area contributed by atoms with Crippen molar-refractivity contribution in [2.45, 2.75) is 32.9 Å². The number of aryl methyl sites for hydroxylation is 2. The fourth-order valence-corrected chi connectivity index (χ4v) is 2.71. The van der Waals surface area contributed by atoms with E-state index < -0.39 is 6.03 Å². The van der Waals surface area contributed by atoms with Crippen molar-refractivity contribution in [2.24, 2.45) is 0 Å². The van der Waals surface area contributed by atoms with E-state index in [9.17, 15) is 4.79 Å². The summed E-state index contributed by atoms with van der Waals surface area (Å²) in [6, 6.07) is 10.6. The zero-order chi connectivity index (χ0) is 20.6. The van der Waals surface area contributed by atoms with Crippen LogP contribution in [0.3, 0.4) is 0 Å². The molecule has 29 heavy (non-hydrogen) atoms. The van der Waals surface area contributed by atoms with Gasteiger partial charge >= 0.3 is 6.03 Å². The van der Waals surface area contributed by atoms with Crippen LogP contribution in [0.5, 0.6) is 11.5 Å². The lowest BCUT2D eigenvalue weighted by molar-refractivity contribution is 0.242. The highest BCUT2D eigenvalue weighted by Crippen LogP contribution is 2.30. The Morgan fingerprint density at radius 2 is 1.93 bits per heavy atom. The Kier molecular flexibility index (Phi) is 6.67. The van der Waals surface area contributed by atoms with Gasteiger partial charge in [-0.15, -0.1) is 0 Å². The molecular weight excluding hydrogens is 370 g/mol. The fraction of sp³-hybridized carbons (Fsp3) is 0.286. The molecule has 0 radical (unpaired) electrons. The molecule has 2 N–H and O–H groups in total. The predicted octanol–water partition coefficient (Wildman–Crippen LogP) is 3.96. The number of benzene rings is 1. The lowest BCUT2D eigenvalue weighted by Gasteiger charge is -2.16. The molecule has 0 aliphatic heterocycles. The first-order valence-electron chi connectivity index (χ1n) is 9.38. The molecule has 3 rings (SSSR count). The molecule has 8 nitrogen and oxygen atoms in total. The van der Waals surface area contributed by atoms with Gasteiger partial charge in [-0.3, -0.25) is 15.0 Å². The van der Waals surface area contributed by atoms with Gasteiger partial charge in [0.15, 0.2) is 5.82 Å². The average Bonchev–Trinajstić information content (AvgIpc) is 3.15. The maximum atomic E-state index is 12.4. The van der Waals surface area contributed by atoms with Gasteiger partial charge in [0.05, 0.1) is 18.9 Å². The van der Waals surface area contributed by atoms with Crippen LogP contribution in [0.1, 0.15) is 19.4 Å². The zero-order valence-electron chi connectivity index (χ0n) is 16.8. The van der Waals surface area contributed by atoms with E-state index in [0.29, 0.717) is 29.5 Å². The average molecular weight is 395 g/mol. The van der Waals surface area contributed by atoms with Crippen molar-refractivity contribution in [2.75, 3.05) is 17.7 Å². The van der Waals surface area contributed by atoms with Crippen LogP contribution < -0.4 is 20.1 Å². The van der Waals surface area contributed by atoms with Gasteiger partial charge in [-0.25, -0.2) is 4.79 Å². The van der Waals surface area contributed by atoms with Crippen molar-refractivity contribution in [1.29, 1.82) is 0 Å². The number of anilines is 2. The summed E-state index contributed by atoms with van der Waals surface area (Å²) in [6.45, 7) is 4.55. The minimum absolute atomic E-state index is 0.0249. The lowest BCUT2D eigenvalue weighted by atomic mass is 10.2. The van der Waals surface area contributed by atoms with E-state index in [1.165, 1.54) is 5.56 Å². The van der Waals surface area contributed by atoms with E-state index >= 15 is 0 Å². The van der Waals surface area contributed by atoms with Crippen LogP contribution in [-0.2, 0) is 13.0 Å². The van der Waals surface area contributed by atoms with Crippen molar-refractivity contribution >= 4 is 17.5 Å². The third-order valence-electron chi connectivity index (χ3n) is 4.06. The molecule has 2 heterocycles. The van der Waals surface area contributed by atoms with Gasteiger partial charge in [-0.2, -0.15) is 5.10 Å². The van der Waals surface area contributed by atoms with Gasteiger partial charge in [0.1, 0.15) is 11.5 Å². The van der Waals surface area contributed by atoms with Gasteiger partial charge < -0.3 is 14.8 Å². The highest BCUT2D eigenvalue weighted by atomic mass is 16.5. The van der Waals surface area contributed by atoms with Crippen LogP contribution in [0.4, 0.5) is 16.3 Å². The molecule has 0 saturated heterocycles. The second-order valence-electron chi connectivity index (χ2n) is 6.68. The van der Waals surface area contributed by atoms with Crippen molar-refractivity contribution in [3.05, 3.63) is 60.6 Å². The first kappa shape index (κ1) is 20.2. The Morgan fingerprint density at radius 1 is 1.14 bits per heavy atom. The first-order valence-corrected chi connectivity index (χ1v) is 9.38. The van der Waals surface area contributed by atoms with E-state index in [0.717, 1.165) is 6.42 Å². The zero-order valence-corrected chi connectivity index (χ0v) is 16.8. The molecule has 0 fully saturated rings. The maximum absolute atomic E-state index is 12.4. The van der Waals surface area contributed by atoms with Gasteiger partial charge in [0.2, 0.25) is 0 Å². The summed E-state index contributed by atoms with van der Waals surface area (Å²) in [5.41, 5.74) is 1.70. The minimum atomic E-state index is -0.411. The van der Waals surface area contributed by atoms with Crippen LogP contribution in [0.25, 0.3) is 0 Å². The number of nitrogens with one attached hydrogen (secondary N) is 2. The first-order chi connectivity index (χ1) is 14.0. The van der Waals surface area contributed by atoms with Gasteiger partial charge in [0.25, 0.3) is 0 Å². The molecule has 152 valence electrons. The molecule has 0 aliphatic rings. The van der Waals surface area contributed by atoms with E-state index in [2.05, 4.69) is 20.7 Å². The Hall–Kier alpha value is -3.55. The number of urea groups is 1. The summed E-state index contributed by atoms with van der Waals surface area (Å²) in [7, 11) is 1.57. The molecule has 0 bridgehead atoms. The Labute approximate surface area is 169 Å². The number of hydrogen-bond acceptors (Lipinski definition) is 5. The van der Waals surface area contributed by atoms with Crippen LogP contribution in [0.15, 0.2) is 55.0 Å². The van der Waals surface area contributed by atoms with E-state index in [1.54, 1.807) is 48.5 Å². The largest absolute Gasteiger partial charge is 0.497 e. The summed E-state index contributed by atoms with van der Waals surface area (Å²) < 4.78 is 12.8. The molecule has 0 unspecified atom stereocenters. The number of aromatic nitrogens is 3. The second-order valence-corrected chi connectivity index (χ2v) is 6.68. The number of amides is 2. The molecule has 0 saturated carbocycles. The number of ether oxygens (including phenoxy) is 2. The molecule has 0 spiro atoms. The molecule has 2 aromatic heterocycles. The smallest absolute Gasteiger partial charge is 0.325 e. The number of rotatable bonds is 8. The Bertz CT molecular complexity index is 940. The van der Waals surface area contributed by atoms with Crippen molar-refractivity contribution in [3.8, 4) is 11.5 Å². The van der Waals surface area contributed by atoms with E-state index in [4.69, 9.17) is 9.47 Å². The van der Waals surface area contributed by atoms with Crippen molar-refractivity contribution in [1.82, 2.24) is 14.8 Å². The molecule has 1 aromatic carbocycles. The predicted molar refractivity (Wildman–Crippen MR) is 112 cm³/mol. The quantitative estimate of drug-likeness (QED) is 0.602. The highest BCUT2D eigenvalue weighted by molar-refractivity contribution is 6.00. The number of methoxy groups -OCH3 is 1.